The van der Waals surface area contributed by atoms with Gasteiger partial charge in [0, 0.05) is 6.04 Å². The van der Waals surface area contributed by atoms with Crippen molar-refractivity contribution in [2.75, 3.05) is 20.3 Å². The molecular weight excluding hydrogens is 262 g/mol. The van der Waals surface area contributed by atoms with E-state index in [1.54, 1.807) is 0 Å². The molecule has 1 unspecified atom stereocenters. The molecule has 0 bridgehead atoms. The third-order valence-corrected chi connectivity index (χ3v) is 4.04. The number of nitrogens with one attached hydrogen (secondary N) is 1. The third kappa shape index (κ3) is 5.24. The van der Waals surface area contributed by atoms with Gasteiger partial charge in [-0.2, -0.15) is 0 Å². The van der Waals surface area contributed by atoms with Crippen molar-refractivity contribution in [3.8, 4) is 11.5 Å². The number of hydrogen-bond acceptors (Lipinski definition) is 3. The highest BCUT2D eigenvalue weighted by atomic mass is 16.5. The van der Waals surface area contributed by atoms with E-state index in [1.165, 1.54) is 18.4 Å². The minimum atomic E-state index is 0.366. The highest BCUT2D eigenvalue weighted by Crippen LogP contribution is 2.33. The molecule has 21 heavy (non-hydrogen) atoms. The molecule has 0 saturated carbocycles. The molecule has 0 aliphatic carbocycles. The van der Waals surface area contributed by atoms with Crippen molar-refractivity contribution in [3.05, 3.63) is 23.8 Å². The van der Waals surface area contributed by atoms with Gasteiger partial charge in [-0.05, 0) is 50.9 Å². The Balaban J connectivity index is 2.95. The van der Waals surface area contributed by atoms with E-state index in [0.717, 1.165) is 23.8 Å². The predicted octanol–water partition coefficient (Wildman–Crippen LogP) is 4.57. The molecule has 120 valence electrons. The van der Waals surface area contributed by atoms with Crippen LogP contribution in [0.25, 0.3) is 0 Å². The zero-order valence-electron chi connectivity index (χ0n) is 14.2. The predicted molar refractivity (Wildman–Crippen MR) is 89.3 cm³/mol. The van der Waals surface area contributed by atoms with Crippen LogP contribution in [0.1, 0.15) is 58.6 Å². The summed E-state index contributed by atoms with van der Waals surface area (Å²) >= 11 is 0. The summed E-state index contributed by atoms with van der Waals surface area (Å²) in [6, 6.07) is 6.67. The van der Waals surface area contributed by atoms with Gasteiger partial charge in [0.05, 0.1) is 13.2 Å². The van der Waals surface area contributed by atoms with Crippen LogP contribution in [-0.4, -0.2) is 20.3 Å². The lowest BCUT2D eigenvalue weighted by atomic mass is 9.91. The quantitative estimate of drug-likeness (QED) is 0.685. The molecule has 0 heterocycles. The molecule has 0 radical (unpaired) electrons. The average molecular weight is 293 g/mol. The fourth-order valence-corrected chi connectivity index (χ4v) is 2.66. The van der Waals surface area contributed by atoms with Crippen molar-refractivity contribution in [1.82, 2.24) is 5.32 Å². The Hall–Kier alpha value is -1.22. The van der Waals surface area contributed by atoms with Gasteiger partial charge in [0.25, 0.3) is 0 Å². The second kappa shape index (κ2) is 9.67. The molecule has 0 aliphatic heterocycles. The van der Waals surface area contributed by atoms with Gasteiger partial charge in [-0.15, -0.1) is 0 Å². The Morgan fingerprint density at radius 1 is 0.952 bits per heavy atom. The van der Waals surface area contributed by atoms with Gasteiger partial charge < -0.3 is 14.8 Å². The number of rotatable bonds is 10. The SMILES string of the molecule is CCOc1ccc(C(CC(CC)CC)NC)cc1OCC. The Kier molecular flexibility index (Phi) is 8.21. The van der Waals surface area contributed by atoms with Crippen molar-refractivity contribution in [2.24, 2.45) is 5.92 Å². The van der Waals surface area contributed by atoms with E-state index >= 15 is 0 Å². The summed E-state index contributed by atoms with van der Waals surface area (Å²) in [5.74, 6) is 2.44. The van der Waals surface area contributed by atoms with Crippen molar-refractivity contribution in [2.45, 2.75) is 53.0 Å². The Bertz CT molecular complexity index is 402. The van der Waals surface area contributed by atoms with Crippen molar-refractivity contribution < 1.29 is 9.47 Å². The van der Waals surface area contributed by atoms with Crippen LogP contribution in [0.2, 0.25) is 0 Å². The fraction of sp³-hybridized carbons (Fsp3) is 0.667. The molecule has 0 saturated heterocycles. The Morgan fingerprint density at radius 3 is 2.10 bits per heavy atom. The molecule has 0 fully saturated rings. The van der Waals surface area contributed by atoms with E-state index < -0.39 is 0 Å². The van der Waals surface area contributed by atoms with Gasteiger partial charge in [-0.3, -0.25) is 0 Å². The zero-order valence-corrected chi connectivity index (χ0v) is 14.2. The molecule has 1 aromatic rings. The standard InChI is InChI=1S/C18H31NO2/c1-6-14(7-2)12-16(19-5)15-10-11-17(20-8-3)18(13-15)21-9-4/h10-11,13-14,16,19H,6-9,12H2,1-5H3. The van der Waals surface area contributed by atoms with E-state index in [9.17, 15) is 0 Å². The maximum atomic E-state index is 5.73. The van der Waals surface area contributed by atoms with E-state index in [2.05, 4.69) is 31.3 Å². The smallest absolute Gasteiger partial charge is 0.161 e. The molecule has 0 spiro atoms. The van der Waals surface area contributed by atoms with Gasteiger partial charge >= 0.3 is 0 Å². The summed E-state index contributed by atoms with van der Waals surface area (Å²) < 4.78 is 11.4. The fourth-order valence-electron chi connectivity index (χ4n) is 2.66. The summed E-state index contributed by atoms with van der Waals surface area (Å²) in [5, 5.41) is 3.44. The zero-order chi connectivity index (χ0) is 15.7. The van der Waals surface area contributed by atoms with E-state index in [4.69, 9.17) is 9.47 Å². The molecule has 1 atom stereocenters. The van der Waals surface area contributed by atoms with Crippen LogP contribution >= 0.6 is 0 Å². The summed E-state index contributed by atoms with van der Waals surface area (Å²) in [7, 11) is 2.03. The highest BCUT2D eigenvalue weighted by Gasteiger charge is 2.16. The lowest BCUT2D eigenvalue weighted by Gasteiger charge is -2.23. The van der Waals surface area contributed by atoms with Crippen LogP contribution in [-0.2, 0) is 0 Å². The van der Waals surface area contributed by atoms with Gasteiger partial charge in [-0.25, -0.2) is 0 Å². The first-order valence-corrected chi connectivity index (χ1v) is 8.26. The van der Waals surface area contributed by atoms with Crippen LogP contribution in [0.5, 0.6) is 11.5 Å². The number of hydrogen-bond donors (Lipinski definition) is 1. The van der Waals surface area contributed by atoms with Crippen LogP contribution in [0.15, 0.2) is 18.2 Å². The summed E-state index contributed by atoms with van der Waals surface area (Å²) in [5.41, 5.74) is 1.27. The monoisotopic (exact) mass is 293 g/mol. The molecule has 1 aromatic carbocycles. The molecule has 3 nitrogen and oxygen atoms in total. The lowest BCUT2D eigenvalue weighted by molar-refractivity contribution is 0.286. The molecular formula is C18H31NO2. The second-order valence-corrected chi connectivity index (χ2v) is 5.33. The van der Waals surface area contributed by atoms with Crippen molar-refractivity contribution in [1.29, 1.82) is 0 Å². The first-order valence-electron chi connectivity index (χ1n) is 8.26. The highest BCUT2D eigenvalue weighted by molar-refractivity contribution is 5.44. The largest absolute Gasteiger partial charge is 0.490 e. The van der Waals surface area contributed by atoms with Gasteiger partial charge in [-0.1, -0.05) is 32.8 Å². The number of benzene rings is 1. The van der Waals surface area contributed by atoms with Crippen LogP contribution in [0.3, 0.4) is 0 Å². The summed E-state index contributed by atoms with van der Waals surface area (Å²) in [6.45, 7) is 9.84. The maximum Gasteiger partial charge on any atom is 0.161 e. The second-order valence-electron chi connectivity index (χ2n) is 5.33. The minimum absolute atomic E-state index is 0.366. The minimum Gasteiger partial charge on any atom is -0.490 e. The van der Waals surface area contributed by atoms with E-state index in [1.807, 2.05) is 27.0 Å². The molecule has 0 aromatic heterocycles. The molecule has 3 heteroatoms. The van der Waals surface area contributed by atoms with E-state index in [-0.39, 0.29) is 0 Å². The molecule has 0 amide bonds. The van der Waals surface area contributed by atoms with Crippen molar-refractivity contribution >= 4 is 0 Å². The van der Waals surface area contributed by atoms with Crippen LogP contribution in [0, 0.1) is 5.92 Å². The first kappa shape index (κ1) is 17.8. The average Bonchev–Trinajstić information content (AvgIpc) is 2.51. The molecule has 1 N–H and O–H groups in total. The van der Waals surface area contributed by atoms with Crippen molar-refractivity contribution in [3.63, 3.8) is 0 Å². The van der Waals surface area contributed by atoms with E-state index in [0.29, 0.717) is 19.3 Å². The third-order valence-electron chi connectivity index (χ3n) is 4.04. The normalized spacial score (nSPS) is 12.5. The lowest BCUT2D eigenvalue weighted by Crippen LogP contribution is -2.19. The Labute approximate surface area is 130 Å². The summed E-state index contributed by atoms with van der Waals surface area (Å²) in [4.78, 5) is 0. The van der Waals surface area contributed by atoms with Crippen LogP contribution in [0.4, 0.5) is 0 Å². The van der Waals surface area contributed by atoms with Gasteiger partial charge in [0.2, 0.25) is 0 Å². The molecule has 0 aliphatic rings. The molecule has 1 rings (SSSR count). The topological polar surface area (TPSA) is 30.5 Å². The number of ether oxygens (including phenoxy) is 2. The van der Waals surface area contributed by atoms with Gasteiger partial charge in [0.1, 0.15) is 0 Å². The maximum absolute atomic E-state index is 5.73. The summed E-state index contributed by atoms with van der Waals surface area (Å²) in [6.07, 6.45) is 3.61. The first-order chi connectivity index (χ1) is 10.2. The van der Waals surface area contributed by atoms with Gasteiger partial charge in [0.15, 0.2) is 11.5 Å². The van der Waals surface area contributed by atoms with Crippen LogP contribution < -0.4 is 14.8 Å². The Morgan fingerprint density at radius 2 is 1.57 bits per heavy atom.